The summed E-state index contributed by atoms with van der Waals surface area (Å²) in [5.74, 6) is -1.32. The summed E-state index contributed by atoms with van der Waals surface area (Å²) in [5.41, 5.74) is 7.37. The van der Waals surface area contributed by atoms with Gasteiger partial charge in [-0.3, -0.25) is 29.1 Å². The van der Waals surface area contributed by atoms with Gasteiger partial charge in [-0.2, -0.15) is 13.2 Å². The van der Waals surface area contributed by atoms with E-state index in [1.165, 1.54) is 26.2 Å². The van der Waals surface area contributed by atoms with Crippen LogP contribution in [0.15, 0.2) is 134 Å². The van der Waals surface area contributed by atoms with Crippen LogP contribution < -0.4 is 26.2 Å². The number of anilines is 3. The third-order valence-corrected chi connectivity index (χ3v) is 11.3. The Morgan fingerprint density at radius 3 is 1.62 bits per heavy atom. The molecule has 5 heterocycles. The van der Waals surface area contributed by atoms with Crippen molar-refractivity contribution >= 4 is 62.5 Å². The second kappa shape index (κ2) is 19.7. The van der Waals surface area contributed by atoms with Gasteiger partial charge < -0.3 is 40.0 Å². The van der Waals surface area contributed by atoms with Gasteiger partial charge in [0.2, 0.25) is 0 Å². The Balaban J connectivity index is 0.000000184. The number of pyridine rings is 2. The number of nitrogens with one attached hydrogen (secondary N) is 4. The lowest BCUT2D eigenvalue weighted by molar-refractivity contribution is -0.137. The van der Waals surface area contributed by atoms with Crippen molar-refractivity contribution in [3.05, 3.63) is 173 Å². The molecule has 0 atom stereocenters. The zero-order chi connectivity index (χ0) is 48.1. The normalized spacial score (nSPS) is 12.5. The van der Waals surface area contributed by atoms with Crippen LogP contribution in [0.25, 0.3) is 33.2 Å². The molecule has 1 saturated heterocycles. The zero-order valence-corrected chi connectivity index (χ0v) is 37.4. The molecule has 1 fully saturated rings. The van der Waals surface area contributed by atoms with E-state index in [-0.39, 0.29) is 29.0 Å². The minimum atomic E-state index is -4.53. The number of aromatic nitrogens is 4. The van der Waals surface area contributed by atoms with Crippen molar-refractivity contribution in [2.45, 2.75) is 20.0 Å². The van der Waals surface area contributed by atoms with Crippen LogP contribution in [-0.4, -0.2) is 83.1 Å². The van der Waals surface area contributed by atoms with Crippen LogP contribution in [0.5, 0.6) is 0 Å². The van der Waals surface area contributed by atoms with Crippen LogP contribution in [-0.2, 0) is 10.9 Å². The average molecular weight is 922 g/mol. The maximum absolute atomic E-state index is 13.1. The van der Waals surface area contributed by atoms with Gasteiger partial charge >= 0.3 is 6.18 Å². The third kappa shape index (κ3) is 10.2. The first-order valence-corrected chi connectivity index (χ1v) is 21.5. The fourth-order valence-electron chi connectivity index (χ4n) is 7.97. The summed E-state index contributed by atoms with van der Waals surface area (Å²) in [4.78, 5) is 59.9. The molecule has 1 aliphatic rings. The van der Waals surface area contributed by atoms with Gasteiger partial charge in [-0.15, -0.1) is 0 Å². The van der Waals surface area contributed by atoms with Gasteiger partial charge in [0, 0.05) is 102 Å². The first-order chi connectivity index (χ1) is 32.7. The van der Waals surface area contributed by atoms with Crippen molar-refractivity contribution in [1.82, 2.24) is 29.7 Å². The standard InChI is InChI=1S/C27H27N5O3.C24H19F3N4O2/c1-18-15-20(3-5-24(18)31-11-13-35-14-12-31)26(33)30-21-4-6-25-19(16-21)8-10-32(25)22-7-9-29-23(17-22)27(34)28-2;1-14-9-16(11-17(10-14)24(25,26)27)22(32)30-18-3-4-21-15(12-18)6-8-31(21)19-5-7-29-20(13-19)23(33)28-2/h3-10,15-17H,11-14H2,1-2H3,(H,28,34)(H,30,33);3-13H,1-2H3,(H,28,33)(H,30,32). The molecule has 9 rings (SSSR count). The second-order valence-corrected chi connectivity index (χ2v) is 16.0. The lowest BCUT2D eigenvalue weighted by atomic mass is 10.1. The van der Waals surface area contributed by atoms with Crippen LogP contribution in [0.2, 0.25) is 0 Å². The number of aryl methyl sites for hydroxylation is 2. The van der Waals surface area contributed by atoms with Crippen LogP contribution in [0.3, 0.4) is 0 Å². The molecule has 14 nitrogen and oxygen atoms in total. The van der Waals surface area contributed by atoms with Crippen molar-refractivity contribution in [1.29, 1.82) is 0 Å². The van der Waals surface area contributed by atoms with Crippen molar-refractivity contribution in [3.8, 4) is 11.4 Å². The number of ether oxygens (including phenoxy) is 1. The van der Waals surface area contributed by atoms with Crippen molar-refractivity contribution in [3.63, 3.8) is 0 Å². The molecule has 0 saturated carbocycles. The summed E-state index contributed by atoms with van der Waals surface area (Å²) >= 11 is 0. The van der Waals surface area contributed by atoms with Crippen molar-refractivity contribution < 1.29 is 37.1 Å². The Bertz CT molecular complexity index is 3210. The Morgan fingerprint density at radius 2 is 1.12 bits per heavy atom. The quantitative estimate of drug-likeness (QED) is 0.112. The van der Waals surface area contributed by atoms with Gasteiger partial charge in [0.1, 0.15) is 11.4 Å². The number of halogens is 3. The van der Waals surface area contributed by atoms with E-state index in [9.17, 15) is 32.3 Å². The number of hydrogen-bond acceptors (Lipinski definition) is 8. The number of nitrogens with zero attached hydrogens (tertiary/aromatic N) is 5. The lowest BCUT2D eigenvalue weighted by Crippen LogP contribution is -2.36. The van der Waals surface area contributed by atoms with E-state index < -0.39 is 17.6 Å². The number of rotatable bonds is 9. The van der Waals surface area contributed by atoms with E-state index in [1.807, 2.05) is 83.0 Å². The molecule has 0 bridgehead atoms. The first kappa shape index (κ1) is 46.2. The molecule has 4 aromatic carbocycles. The summed E-state index contributed by atoms with van der Waals surface area (Å²) < 4.78 is 48.5. The SMILES string of the molecule is CNC(=O)c1cc(-n2ccc3cc(NC(=O)c4cc(C)cc(C(F)(F)F)c4)ccc32)ccn1.CNC(=O)c1cc(-n2ccc3cc(NC(=O)c4ccc(N5CCOCC5)c(C)c4)ccc32)ccn1. The van der Waals surface area contributed by atoms with Crippen LogP contribution in [0.4, 0.5) is 30.2 Å². The van der Waals surface area contributed by atoms with Crippen molar-refractivity contribution in [2.75, 3.05) is 55.9 Å². The number of carbonyl (C=O) groups is 4. The van der Waals surface area contributed by atoms with Gasteiger partial charge in [-0.1, -0.05) is 0 Å². The predicted molar refractivity (Wildman–Crippen MR) is 255 cm³/mol. The van der Waals surface area contributed by atoms with Gasteiger partial charge in [-0.05, 0) is 134 Å². The zero-order valence-electron chi connectivity index (χ0n) is 37.4. The molecule has 8 aromatic rings. The summed E-state index contributed by atoms with van der Waals surface area (Å²) in [6.45, 7) is 6.71. The number of hydrogen-bond donors (Lipinski definition) is 4. The largest absolute Gasteiger partial charge is 0.416 e. The summed E-state index contributed by atoms with van der Waals surface area (Å²) in [5, 5.41) is 12.6. The van der Waals surface area contributed by atoms with Gasteiger partial charge in [0.25, 0.3) is 23.6 Å². The summed E-state index contributed by atoms with van der Waals surface area (Å²) in [7, 11) is 3.11. The molecular weight excluding hydrogens is 876 g/mol. The molecule has 17 heteroatoms. The van der Waals surface area contributed by atoms with Gasteiger partial charge in [0.05, 0.1) is 29.8 Å². The second-order valence-electron chi connectivity index (χ2n) is 16.0. The molecule has 1 aliphatic heterocycles. The van der Waals surface area contributed by atoms with E-state index in [4.69, 9.17) is 4.74 Å². The van der Waals surface area contributed by atoms with Gasteiger partial charge in [0.15, 0.2) is 0 Å². The Labute approximate surface area is 388 Å². The molecule has 68 heavy (non-hydrogen) atoms. The van der Waals surface area contributed by atoms with Crippen LogP contribution >= 0.6 is 0 Å². The Hall–Kier alpha value is -8.31. The lowest BCUT2D eigenvalue weighted by Gasteiger charge is -2.30. The smallest absolute Gasteiger partial charge is 0.378 e. The minimum absolute atomic E-state index is 0.0708. The molecule has 4 aromatic heterocycles. The number of morpholine rings is 1. The topological polar surface area (TPSA) is 165 Å². The van der Waals surface area contributed by atoms with Crippen LogP contribution in [0.1, 0.15) is 58.4 Å². The average Bonchev–Trinajstić information content (AvgIpc) is 3.98. The molecule has 0 unspecified atom stereocenters. The Morgan fingerprint density at radius 1 is 0.588 bits per heavy atom. The highest BCUT2D eigenvalue weighted by Crippen LogP contribution is 2.32. The number of fused-ring (bicyclic) bond motifs is 2. The molecule has 346 valence electrons. The molecular formula is C51H46F3N9O5. The van der Waals surface area contributed by atoms with Crippen LogP contribution in [0, 0.1) is 13.8 Å². The molecule has 4 N–H and O–H groups in total. The predicted octanol–water partition coefficient (Wildman–Crippen LogP) is 8.75. The molecule has 0 spiro atoms. The number of benzene rings is 4. The highest BCUT2D eigenvalue weighted by atomic mass is 19.4. The highest BCUT2D eigenvalue weighted by Gasteiger charge is 2.31. The van der Waals surface area contributed by atoms with E-state index in [0.717, 1.165) is 88.6 Å². The van der Waals surface area contributed by atoms with E-state index in [0.29, 0.717) is 22.5 Å². The molecule has 4 amide bonds. The number of carbonyl (C=O) groups excluding carboxylic acids is 4. The Kier molecular flexibility index (Phi) is 13.4. The van der Waals surface area contributed by atoms with E-state index in [2.05, 4.69) is 36.1 Å². The monoisotopic (exact) mass is 921 g/mol. The maximum Gasteiger partial charge on any atom is 0.416 e. The minimum Gasteiger partial charge on any atom is -0.378 e. The number of amides is 4. The molecule has 0 aliphatic carbocycles. The maximum atomic E-state index is 13.1. The fourth-order valence-corrected chi connectivity index (χ4v) is 7.97. The van der Waals surface area contributed by atoms with E-state index >= 15 is 0 Å². The fraction of sp³-hybridized carbons (Fsp3) is 0.176. The number of alkyl halides is 3. The summed E-state index contributed by atoms with van der Waals surface area (Å²) in [6.07, 6.45) is 2.37. The molecule has 0 radical (unpaired) electrons. The third-order valence-electron chi connectivity index (χ3n) is 11.3. The first-order valence-electron chi connectivity index (χ1n) is 21.5. The van der Waals surface area contributed by atoms with Gasteiger partial charge in [-0.25, -0.2) is 0 Å². The summed E-state index contributed by atoms with van der Waals surface area (Å²) in [6, 6.07) is 30.8. The van der Waals surface area contributed by atoms with E-state index in [1.54, 1.807) is 49.6 Å². The van der Waals surface area contributed by atoms with Crippen molar-refractivity contribution in [2.24, 2.45) is 0 Å². The highest BCUT2D eigenvalue weighted by molar-refractivity contribution is 6.06.